The van der Waals surface area contributed by atoms with Crippen LogP contribution in [-0.2, 0) is 16.2 Å². The highest BCUT2D eigenvalue weighted by molar-refractivity contribution is 6.11. The van der Waals surface area contributed by atoms with E-state index in [1.807, 2.05) is 0 Å². The van der Waals surface area contributed by atoms with Crippen molar-refractivity contribution >= 4 is 38.8 Å². The zero-order chi connectivity index (χ0) is 48.2. The molecule has 9 aromatic carbocycles. The van der Waals surface area contributed by atoms with E-state index >= 15 is 0 Å². The lowest BCUT2D eigenvalue weighted by Gasteiger charge is -2.35. The van der Waals surface area contributed by atoms with Gasteiger partial charge in [0.25, 0.3) is 0 Å². The summed E-state index contributed by atoms with van der Waals surface area (Å²) in [4.78, 5) is 2.57. The molecule has 0 atom stereocenters. The zero-order valence-electron chi connectivity index (χ0n) is 41.6. The Morgan fingerprint density at radius 1 is 0.394 bits per heavy atom. The number of nitrogens with zero attached hydrogens (tertiary/aromatic N) is 2. The molecule has 10 aromatic rings. The van der Waals surface area contributed by atoms with Gasteiger partial charge in [-0.05, 0) is 145 Å². The van der Waals surface area contributed by atoms with Gasteiger partial charge in [0.15, 0.2) is 0 Å². The fourth-order valence-electron chi connectivity index (χ4n) is 12.2. The summed E-state index contributed by atoms with van der Waals surface area (Å²) in [6.45, 7) is 14.1. The molecule has 0 N–H and O–H groups in total. The largest absolute Gasteiger partial charge is 0.310 e. The molecule has 13 rings (SSSR count). The summed E-state index contributed by atoms with van der Waals surface area (Å²) in [5, 5.41) is 2.46. The molecule has 0 unspecified atom stereocenters. The maximum absolute atomic E-state index is 2.57. The van der Waals surface area contributed by atoms with E-state index in [2.05, 4.69) is 269 Å². The summed E-state index contributed by atoms with van der Waals surface area (Å²) in [5.41, 5.74) is 24.8. The summed E-state index contributed by atoms with van der Waals surface area (Å²) >= 11 is 0. The number of rotatable bonds is 6. The average molecular weight is 915 g/mol. The number of allylic oxidation sites excluding steroid dienone is 3. The first kappa shape index (κ1) is 43.1. The third-order valence-electron chi connectivity index (χ3n) is 15.8. The second kappa shape index (κ2) is 16.1. The van der Waals surface area contributed by atoms with Gasteiger partial charge in [-0.25, -0.2) is 0 Å². The van der Waals surface area contributed by atoms with E-state index in [0.29, 0.717) is 0 Å². The first-order chi connectivity index (χ1) is 34.5. The molecular weight excluding hydrogens is 857 g/mol. The van der Waals surface area contributed by atoms with Gasteiger partial charge in [0.2, 0.25) is 0 Å². The van der Waals surface area contributed by atoms with Gasteiger partial charge in [-0.3, -0.25) is 0 Å². The quantitative estimate of drug-likeness (QED) is 0.161. The first-order valence-electron chi connectivity index (χ1n) is 25.5. The second-order valence-corrected chi connectivity index (χ2v) is 22.0. The van der Waals surface area contributed by atoms with E-state index in [0.717, 1.165) is 29.9 Å². The summed E-state index contributed by atoms with van der Waals surface area (Å²) in [6, 6.07) is 78.1. The molecule has 0 saturated carbocycles. The molecule has 3 aliphatic carbocycles. The summed E-state index contributed by atoms with van der Waals surface area (Å²) in [7, 11) is 0. The molecule has 3 aliphatic rings. The number of benzene rings is 9. The van der Waals surface area contributed by atoms with Crippen molar-refractivity contribution in [3.8, 4) is 39.1 Å². The minimum atomic E-state index is -0.521. The normalized spacial score (nSPS) is 14.5. The van der Waals surface area contributed by atoms with Crippen LogP contribution >= 0.6 is 0 Å². The molecule has 0 bridgehead atoms. The van der Waals surface area contributed by atoms with E-state index in [-0.39, 0.29) is 10.8 Å². The number of hydrogen-bond donors (Lipinski definition) is 0. The van der Waals surface area contributed by atoms with Gasteiger partial charge < -0.3 is 9.47 Å². The van der Waals surface area contributed by atoms with Crippen LogP contribution in [0.15, 0.2) is 224 Å². The fourth-order valence-corrected chi connectivity index (χ4v) is 12.2. The van der Waals surface area contributed by atoms with Crippen molar-refractivity contribution in [3.63, 3.8) is 0 Å². The molecule has 2 heteroatoms. The van der Waals surface area contributed by atoms with Crippen molar-refractivity contribution in [1.82, 2.24) is 4.57 Å². The molecule has 1 spiro atoms. The van der Waals surface area contributed by atoms with Gasteiger partial charge >= 0.3 is 0 Å². The van der Waals surface area contributed by atoms with E-state index in [1.54, 1.807) is 0 Å². The number of fused-ring (bicyclic) bond motifs is 13. The van der Waals surface area contributed by atoms with E-state index < -0.39 is 5.41 Å². The highest BCUT2D eigenvalue weighted by Gasteiger charge is 2.52. The number of anilines is 2. The Morgan fingerprint density at radius 3 is 1.58 bits per heavy atom. The van der Waals surface area contributed by atoms with Crippen LogP contribution in [-0.4, -0.2) is 4.57 Å². The molecule has 0 saturated heterocycles. The van der Waals surface area contributed by atoms with Crippen LogP contribution in [0.4, 0.5) is 11.4 Å². The van der Waals surface area contributed by atoms with E-state index in [1.165, 1.54) is 105 Å². The second-order valence-electron chi connectivity index (χ2n) is 22.0. The van der Waals surface area contributed by atoms with Crippen molar-refractivity contribution in [2.45, 2.75) is 70.6 Å². The molecule has 1 aromatic heterocycles. The highest BCUT2D eigenvalue weighted by atomic mass is 15.2. The van der Waals surface area contributed by atoms with Crippen molar-refractivity contribution in [2.75, 3.05) is 4.90 Å². The van der Waals surface area contributed by atoms with Gasteiger partial charge in [-0.1, -0.05) is 211 Å². The standard InChI is InChI=1S/C69H58N2/c1-67(2,3)48-31-37-55-56-38-32-49(68(4,5)6)42-62(56)69(61(55)41-48)60-26-16-13-24-54(60)57-39-35-52(44-63(57)69)70(64-27-17-14-23-53(64)47-21-11-8-12-22-47)51-36-40-66-59(43-51)58-25-15-18-28-65(58)71(66)50-33-29-46(30-34-50)45-19-9-7-10-20-45/h7-13,15-16,18-44H,14,17H2,1-6H3. The molecule has 0 aliphatic heterocycles. The lowest BCUT2D eigenvalue weighted by Crippen LogP contribution is -2.28. The van der Waals surface area contributed by atoms with Crippen LogP contribution < -0.4 is 4.90 Å². The first-order valence-corrected chi connectivity index (χ1v) is 25.5. The lowest BCUT2D eigenvalue weighted by molar-refractivity contribution is 0.586. The highest BCUT2D eigenvalue weighted by Crippen LogP contribution is 2.64. The third-order valence-corrected chi connectivity index (χ3v) is 15.8. The molecule has 71 heavy (non-hydrogen) atoms. The number of aromatic nitrogens is 1. The van der Waals surface area contributed by atoms with E-state index in [9.17, 15) is 0 Å². The van der Waals surface area contributed by atoms with Crippen LogP contribution in [0.3, 0.4) is 0 Å². The SMILES string of the molecule is CC(C)(C)c1ccc2c(c1)C1(c3ccccc3-c3ccc(N(C4=CCCC=C4c4ccccc4)c4ccc5c(c4)c4ccccc4n5-c4ccc(-c5ccccc5)cc4)cc31)c1cc(C(C)(C)C)ccc1-2. The lowest BCUT2D eigenvalue weighted by atomic mass is 9.68. The Morgan fingerprint density at radius 2 is 0.901 bits per heavy atom. The number of para-hydroxylation sites is 1. The van der Waals surface area contributed by atoms with Crippen molar-refractivity contribution in [1.29, 1.82) is 0 Å². The van der Waals surface area contributed by atoms with Gasteiger partial charge in [-0.2, -0.15) is 0 Å². The summed E-state index contributed by atoms with van der Waals surface area (Å²) in [5.74, 6) is 0. The maximum Gasteiger partial charge on any atom is 0.0726 e. The average Bonchev–Trinajstić information content (AvgIpc) is 4.00. The topological polar surface area (TPSA) is 8.17 Å². The van der Waals surface area contributed by atoms with E-state index in [4.69, 9.17) is 0 Å². The Balaban J connectivity index is 1.06. The maximum atomic E-state index is 2.57. The van der Waals surface area contributed by atoms with Gasteiger partial charge in [0, 0.05) is 39.1 Å². The number of hydrogen-bond acceptors (Lipinski definition) is 1. The van der Waals surface area contributed by atoms with Gasteiger partial charge in [0.05, 0.1) is 16.4 Å². The zero-order valence-corrected chi connectivity index (χ0v) is 41.6. The molecule has 344 valence electrons. The van der Waals surface area contributed by atoms with Crippen LogP contribution in [0.1, 0.15) is 93.3 Å². The third kappa shape index (κ3) is 6.68. The Labute approximate surface area is 418 Å². The van der Waals surface area contributed by atoms with Crippen LogP contribution in [0.2, 0.25) is 0 Å². The molecular formula is C69H58N2. The minimum absolute atomic E-state index is 0.0256. The predicted octanol–water partition coefficient (Wildman–Crippen LogP) is 18.3. The molecule has 0 amide bonds. The minimum Gasteiger partial charge on any atom is -0.310 e. The van der Waals surface area contributed by atoms with Crippen molar-refractivity contribution in [2.24, 2.45) is 0 Å². The monoisotopic (exact) mass is 914 g/mol. The van der Waals surface area contributed by atoms with Crippen LogP contribution in [0.25, 0.3) is 66.4 Å². The summed E-state index contributed by atoms with van der Waals surface area (Å²) in [6.07, 6.45) is 6.90. The summed E-state index contributed by atoms with van der Waals surface area (Å²) < 4.78 is 2.44. The van der Waals surface area contributed by atoms with Gasteiger partial charge in [-0.15, -0.1) is 0 Å². The Bertz CT molecular complexity index is 3750. The van der Waals surface area contributed by atoms with Crippen molar-refractivity contribution < 1.29 is 0 Å². The molecule has 2 nitrogen and oxygen atoms in total. The predicted molar refractivity (Wildman–Crippen MR) is 300 cm³/mol. The van der Waals surface area contributed by atoms with Crippen molar-refractivity contribution in [3.05, 3.63) is 263 Å². The molecule has 0 fully saturated rings. The fraction of sp³-hybridized carbons (Fsp3) is 0.159. The Hall–Kier alpha value is -7.94. The van der Waals surface area contributed by atoms with Crippen LogP contribution in [0, 0.1) is 0 Å². The van der Waals surface area contributed by atoms with Gasteiger partial charge in [0.1, 0.15) is 0 Å². The van der Waals surface area contributed by atoms with Crippen LogP contribution in [0.5, 0.6) is 0 Å². The molecule has 1 heterocycles. The molecule has 0 radical (unpaired) electrons. The Kier molecular flexibility index (Phi) is 9.75. The smallest absolute Gasteiger partial charge is 0.0726 e.